The average Bonchev–Trinajstić information content (AvgIpc) is 2.60. The van der Waals surface area contributed by atoms with Crippen LogP contribution in [0.5, 0.6) is 0 Å². The summed E-state index contributed by atoms with van der Waals surface area (Å²) in [4.78, 5) is 16.5. The van der Waals surface area contributed by atoms with Crippen molar-refractivity contribution in [2.24, 2.45) is 11.8 Å². The smallest absolute Gasteiger partial charge is 0.222 e. The molecule has 1 saturated heterocycles. The largest absolute Gasteiger partial charge is 0.373 e. The van der Waals surface area contributed by atoms with Gasteiger partial charge in [0.2, 0.25) is 5.91 Å². The Morgan fingerprint density at radius 2 is 1.88 bits per heavy atom. The molecule has 4 nitrogen and oxygen atoms in total. The predicted molar refractivity (Wildman–Crippen MR) is 111 cm³/mol. The average molecular weight is 390 g/mol. The number of likely N-dealkylation sites (N-methyl/N-ethyl adjacent to an activating group) is 2. The zero-order valence-electron chi connectivity index (χ0n) is 15.6. The lowest BCUT2D eigenvalue weighted by Gasteiger charge is -2.30. The van der Waals surface area contributed by atoms with E-state index in [0.717, 1.165) is 26.2 Å². The van der Waals surface area contributed by atoms with E-state index >= 15 is 0 Å². The number of nitrogens with one attached hydrogen (secondary N) is 1. The normalized spacial score (nSPS) is 17.6. The van der Waals surface area contributed by atoms with Crippen molar-refractivity contribution in [2.75, 3.05) is 45.2 Å². The lowest BCUT2D eigenvalue weighted by molar-refractivity contribution is -0.131. The first-order valence-electron chi connectivity index (χ1n) is 8.78. The SMILES string of the molecule is CC(CC(=O)N(C)CCN(C)c1ccccc1)C1CCCNC1.Cl.Cl. The number of rotatable bonds is 7. The van der Waals surface area contributed by atoms with Gasteiger partial charge in [-0.3, -0.25) is 4.79 Å². The highest BCUT2D eigenvalue weighted by molar-refractivity contribution is 5.85. The molecule has 6 heteroatoms. The monoisotopic (exact) mass is 389 g/mol. The second-order valence-corrected chi connectivity index (χ2v) is 6.86. The number of carbonyl (C=O) groups is 1. The van der Waals surface area contributed by atoms with Crippen LogP contribution in [-0.2, 0) is 4.79 Å². The molecule has 0 radical (unpaired) electrons. The number of halogens is 2. The lowest BCUT2D eigenvalue weighted by Crippen LogP contribution is -2.38. The molecule has 1 heterocycles. The van der Waals surface area contributed by atoms with E-state index in [1.807, 2.05) is 30.1 Å². The van der Waals surface area contributed by atoms with E-state index in [-0.39, 0.29) is 30.7 Å². The summed E-state index contributed by atoms with van der Waals surface area (Å²) in [6.07, 6.45) is 3.15. The van der Waals surface area contributed by atoms with Gasteiger partial charge in [-0.25, -0.2) is 0 Å². The molecule has 1 aromatic carbocycles. The number of anilines is 1. The van der Waals surface area contributed by atoms with Gasteiger partial charge in [0, 0.05) is 39.3 Å². The maximum Gasteiger partial charge on any atom is 0.222 e. The first-order valence-corrected chi connectivity index (χ1v) is 8.78. The Kier molecular flexibility index (Phi) is 11.9. The van der Waals surface area contributed by atoms with E-state index in [1.165, 1.54) is 18.5 Å². The van der Waals surface area contributed by atoms with Gasteiger partial charge in [-0.15, -0.1) is 24.8 Å². The number of carbonyl (C=O) groups excluding carboxylic acids is 1. The van der Waals surface area contributed by atoms with E-state index < -0.39 is 0 Å². The summed E-state index contributed by atoms with van der Waals surface area (Å²) in [6, 6.07) is 10.3. The third-order valence-corrected chi connectivity index (χ3v) is 5.03. The van der Waals surface area contributed by atoms with Crippen molar-refractivity contribution in [1.82, 2.24) is 10.2 Å². The molecular formula is C19H33Cl2N3O. The predicted octanol–water partition coefficient (Wildman–Crippen LogP) is 3.45. The second kappa shape index (κ2) is 12.4. The van der Waals surface area contributed by atoms with E-state index in [1.54, 1.807) is 0 Å². The van der Waals surface area contributed by atoms with Crippen LogP contribution in [0.4, 0.5) is 5.69 Å². The van der Waals surface area contributed by atoms with Gasteiger partial charge in [-0.05, 0) is 49.9 Å². The highest BCUT2D eigenvalue weighted by Gasteiger charge is 2.23. The molecule has 2 atom stereocenters. The molecule has 1 amide bonds. The molecule has 0 bridgehead atoms. The minimum Gasteiger partial charge on any atom is -0.373 e. The van der Waals surface area contributed by atoms with Gasteiger partial charge in [-0.1, -0.05) is 25.1 Å². The Balaban J connectivity index is 0.00000288. The summed E-state index contributed by atoms with van der Waals surface area (Å²) in [5.41, 5.74) is 1.19. The van der Waals surface area contributed by atoms with Crippen LogP contribution in [0.2, 0.25) is 0 Å². The minimum absolute atomic E-state index is 0. The molecule has 0 spiro atoms. The molecule has 0 aliphatic carbocycles. The van der Waals surface area contributed by atoms with Crippen LogP contribution in [0.15, 0.2) is 30.3 Å². The van der Waals surface area contributed by atoms with Gasteiger partial charge in [0.25, 0.3) is 0 Å². The summed E-state index contributed by atoms with van der Waals surface area (Å²) in [5.74, 6) is 1.38. The lowest BCUT2D eigenvalue weighted by atomic mass is 9.85. The number of para-hydroxylation sites is 1. The van der Waals surface area contributed by atoms with Gasteiger partial charge < -0.3 is 15.1 Å². The maximum absolute atomic E-state index is 12.4. The number of hydrogen-bond donors (Lipinski definition) is 1. The Hall–Kier alpha value is -0.970. The quantitative estimate of drug-likeness (QED) is 0.775. The zero-order chi connectivity index (χ0) is 16.7. The van der Waals surface area contributed by atoms with E-state index in [9.17, 15) is 4.79 Å². The Bertz CT molecular complexity index is 481. The first-order chi connectivity index (χ1) is 11.1. The van der Waals surface area contributed by atoms with Gasteiger partial charge in [0.15, 0.2) is 0 Å². The number of nitrogens with zero attached hydrogens (tertiary/aromatic N) is 2. The van der Waals surface area contributed by atoms with Gasteiger partial charge in [0.05, 0.1) is 0 Å². The van der Waals surface area contributed by atoms with Crippen LogP contribution in [0.1, 0.15) is 26.2 Å². The van der Waals surface area contributed by atoms with Crippen molar-refractivity contribution in [1.29, 1.82) is 0 Å². The van der Waals surface area contributed by atoms with Crippen molar-refractivity contribution in [3.63, 3.8) is 0 Å². The molecule has 1 N–H and O–H groups in total. The molecule has 144 valence electrons. The summed E-state index contributed by atoms with van der Waals surface area (Å²) in [6.45, 7) is 6.03. The van der Waals surface area contributed by atoms with Gasteiger partial charge in [0.1, 0.15) is 0 Å². The minimum atomic E-state index is 0. The standard InChI is InChI=1S/C19H31N3O.2ClH/c1-16(17-8-7-11-20-15-17)14-19(23)22(3)13-12-21(2)18-9-5-4-6-10-18;;/h4-6,9-10,16-17,20H,7-8,11-15H2,1-3H3;2*1H. The van der Waals surface area contributed by atoms with Crippen LogP contribution in [0.3, 0.4) is 0 Å². The van der Waals surface area contributed by atoms with Crippen LogP contribution in [0.25, 0.3) is 0 Å². The van der Waals surface area contributed by atoms with Crippen LogP contribution in [0, 0.1) is 11.8 Å². The Labute approximate surface area is 165 Å². The summed E-state index contributed by atoms with van der Waals surface area (Å²) >= 11 is 0. The summed E-state index contributed by atoms with van der Waals surface area (Å²) < 4.78 is 0. The number of amides is 1. The van der Waals surface area contributed by atoms with Crippen molar-refractivity contribution in [2.45, 2.75) is 26.2 Å². The molecule has 1 aromatic rings. The van der Waals surface area contributed by atoms with Crippen molar-refractivity contribution < 1.29 is 4.79 Å². The molecule has 0 saturated carbocycles. The van der Waals surface area contributed by atoms with Gasteiger partial charge >= 0.3 is 0 Å². The molecule has 0 aromatic heterocycles. The van der Waals surface area contributed by atoms with Crippen molar-refractivity contribution in [3.05, 3.63) is 30.3 Å². The summed E-state index contributed by atoms with van der Waals surface area (Å²) in [7, 11) is 4.00. The second-order valence-electron chi connectivity index (χ2n) is 6.86. The highest BCUT2D eigenvalue weighted by atomic mass is 35.5. The van der Waals surface area contributed by atoms with Gasteiger partial charge in [-0.2, -0.15) is 0 Å². The Morgan fingerprint density at radius 3 is 2.48 bits per heavy atom. The number of hydrogen-bond acceptors (Lipinski definition) is 3. The van der Waals surface area contributed by atoms with Crippen LogP contribution < -0.4 is 10.2 Å². The molecule has 2 rings (SSSR count). The third kappa shape index (κ3) is 7.85. The molecule has 2 unspecified atom stereocenters. The molecule has 1 fully saturated rings. The van der Waals surface area contributed by atoms with Crippen molar-refractivity contribution in [3.8, 4) is 0 Å². The highest BCUT2D eigenvalue weighted by Crippen LogP contribution is 2.23. The maximum atomic E-state index is 12.4. The molecule has 1 aliphatic heterocycles. The zero-order valence-corrected chi connectivity index (χ0v) is 17.2. The summed E-state index contributed by atoms with van der Waals surface area (Å²) in [5, 5.41) is 3.44. The fraction of sp³-hybridized carbons (Fsp3) is 0.632. The fourth-order valence-corrected chi connectivity index (χ4v) is 3.20. The van der Waals surface area contributed by atoms with Crippen LogP contribution in [-0.4, -0.2) is 51.1 Å². The molecule has 25 heavy (non-hydrogen) atoms. The van der Waals surface area contributed by atoms with Crippen molar-refractivity contribution >= 4 is 36.4 Å². The first kappa shape index (κ1) is 24.0. The van der Waals surface area contributed by atoms with E-state index in [0.29, 0.717) is 18.3 Å². The Morgan fingerprint density at radius 1 is 1.20 bits per heavy atom. The number of benzene rings is 1. The molecular weight excluding hydrogens is 357 g/mol. The van der Waals surface area contributed by atoms with E-state index in [4.69, 9.17) is 0 Å². The van der Waals surface area contributed by atoms with Crippen LogP contribution >= 0.6 is 24.8 Å². The van der Waals surface area contributed by atoms with E-state index in [2.05, 4.69) is 36.3 Å². The number of piperidine rings is 1. The fourth-order valence-electron chi connectivity index (χ4n) is 3.20. The topological polar surface area (TPSA) is 35.6 Å². The molecule has 1 aliphatic rings. The third-order valence-electron chi connectivity index (χ3n) is 5.03.